The molecular weight excluding hydrogens is 290 g/mol. The first kappa shape index (κ1) is 16.0. The normalized spacial score (nSPS) is 15.0. The summed E-state index contributed by atoms with van der Waals surface area (Å²) in [7, 11) is -3.74. The molecule has 1 N–H and O–H groups in total. The Morgan fingerprint density at radius 1 is 1.24 bits per heavy atom. The zero-order valence-corrected chi connectivity index (χ0v) is 13.0. The number of carboxylic acid groups (broad SMARTS) is 1. The molecule has 1 aromatic carbocycles. The average molecular weight is 311 g/mol. The molecule has 1 aliphatic rings. The molecule has 21 heavy (non-hydrogen) atoms. The summed E-state index contributed by atoms with van der Waals surface area (Å²) >= 11 is 0. The van der Waals surface area contributed by atoms with E-state index in [0.29, 0.717) is 6.42 Å². The number of carbonyl (C=O) groups is 1. The molecule has 116 valence electrons. The van der Waals surface area contributed by atoms with Gasteiger partial charge in [-0.2, -0.15) is 4.31 Å². The van der Waals surface area contributed by atoms with Crippen molar-refractivity contribution in [1.82, 2.24) is 4.31 Å². The summed E-state index contributed by atoms with van der Waals surface area (Å²) in [5.41, 5.74) is 2.29. The molecule has 0 amide bonds. The van der Waals surface area contributed by atoms with Crippen molar-refractivity contribution in [2.45, 2.75) is 43.9 Å². The van der Waals surface area contributed by atoms with E-state index < -0.39 is 22.5 Å². The van der Waals surface area contributed by atoms with Gasteiger partial charge in [-0.15, -0.1) is 0 Å². The lowest BCUT2D eigenvalue weighted by Gasteiger charge is -2.22. The molecule has 0 fully saturated rings. The molecule has 0 aliphatic heterocycles. The highest BCUT2D eigenvalue weighted by Gasteiger charge is 2.26. The zero-order chi connectivity index (χ0) is 15.5. The Kier molecular flexibility index (Phi) is 5.00. The maximum atomic E-state index is 12.6. The maximum absolute atomic E-state index is 12.6. The summed E-state index contributed by atoms with van der Waals surface area (Å²) in [5, 5.41) is 8.91. The molecule has 2 rings (SSSR count). The second-order valence-electron chi connectivity index (χ2n) is 5.37. The Bertz CT molecular complexity index is 625. The first-order chi connectivity index (χ1) is 9.95. The van der Waals surface area contributed by atoms with Crippen LogP contribution in [-0.4, -0.2) is 36.9 Å². The molecule has 0 heterocycles. The molecule has 0 aromatic heterocycles. The predicted octanol–water partition coefficient (Wildman–Crippen LogP) is 2.05. The van der Waals surface area contributed by atoms with Crippen molar-refractivity contribution in [3.8, 4) is 0 Å². The highest BCUT2D eigenvalue weighted by molar-refractivity contribution is 7.89. The molecule has 0 saturated carbocycles. The molecule has 0 bridgehead atoms. The van der Waals surface area contributed by atoms with Crippen LogP contribution in [0.15, 0.2) is 23.1 Å². The lowest BCUT2D eigenvalue weighted by molar-refractivity contribution is -0.137. The maximum Gasteiger partial charge on any atom is 0.318 e. The van der Waals surface area contributed by atoms with Gasteiger partial charge in [0.05, 0.1) is 4.90 Å². The summed E-state index contributed by atoms with van der Waals surface area (Å²) in [4.78, 5) is 11.1. The highest BCUT2D eigenvalue weighted by Crippen LogP contribution is 2.25. The van der Waals surface area contributed by atoms with E-state index in [1.807, 2.05) is 13.0 Å². The first-order valence-electron chi connectivity index (χ1n) is 7.29. The van der Waals surface area contributed by atoms with Gasteiger partial charge < -0.3 is 5.11 Å². The molecular formula is C15H21NO4S. The van der Waals surface area contributed by atoms with E-state index >= 15 is 0 Å². The summed E-state index contributed by atoms with van der Waals surface area (Å²) < 4.78 is 26.3. The molecule has 1 aromatic rings. The lowest BCUT2D eigenvalue weighted by Crippen LogP contribution is -2.36. The minimum Gasteiger partial charge on any atom is -0.480 e. The number of aliphatic carboxylic acids is 1. The van der Waals surface area contributed by atoms with E-state index in [0.717, 1.165) is 35.6 Å². The van der Waals surface area contributed by atoms with E-state index in [1.165, 1.54) is 5.56 Å². The van der Waals surface area contributed by atoms with E-state index in [1.54, 1.807) is 12.1 Å². The second-order valence-corrected chi connectivity index (χ2v) is 7.31. The summed E-state index contributed by atoms with van der Waals surface area (Å²) in [5.74, 6) is -1.13. The van der Waals surface area contributed by atoms with Gasteiger partial charge in [0.15, 0.2) is 0 Å². The Hall–Kier alpha value is -1.40. The number of carboxylic acids is 1. The summed E-state index contributed by atoms with van der Waals surface area (Å²) in [6.45, 7) is 1.55. The third-order valence-corrected chi connectivity index (χ3v) is 5.58. The number of hydrogen-bond donors (Lipinski definition) is 1. The van der Waals surface area contributed by atoms with Crippen LogP contribution in [0.4, 0.5) is 0 Å². The molecule has 0 radical (unpaired) electrons. The third kappa shape index (κ3) is 3.63. The van der Waals surface area contributed by atoms with E-state index in [-0.39, 0.29) is 11.4 Å². The number of hydrogen-bond acceptors (Lipinski definition) is 3. The van der Waals surface area contributed by atoms with Gasteiger partial charge in [0.1, 0.15) is 6.54 Å². The van der Waals surface area contributed by atoms with Crippen LogP contribution in [0.25, 0.3) is 0 Å². The van der Waals surface area contributed by atoms with Crippen LogP contribution in [0.3, 0.4) is 0 Å². The fourth-order valence-corrected chi connectivity index (χ4v) is 4.24. The smallest absolute Gasteiger partial charge is 0.318 e. The number of fused-ring (bicyclic) bond motifs is 1. The zero-order valence-electron chi connectivity index (χ0n) is 12.2. The molecule has 0 unspecified atom stereocenters. The largest absolute Gasteiger partial charge is 0.480 e. The van der Waals surface area contributed by atoms with Crippen molar-refractivity contribution >= 4 is 16.0 Å². The van der Waals surface area contributed by atoms with Crippen LogP contribution >= 0.6 is 0 Å². The predicted molar refractivity (Wildman–Crippen MR) is 79.8 cm³/mol. The third-order valence-electron chi connectivity index (χ3n) is 3.74. The van der Waals surface area contributed by atoms with Gasteiger partial charge in [-0.1, -0.05) is 13.0 Å². The highest BCUT2D eigenvalue weighted by atomic mass is 32.2. The van der Waals surface area contributed by atoms with Crippen LogP contribution in [-0.2, 0) is 27.7 Å². The van der Waals surface area contributed by atoms with Crippen LogP contribution in [0.2, 0.25) is 0 Å². The number of aryl methyl sites for hydroxylation is 2. The van der Waals surface area contributed by atoms with Crippen molar-refractivity contribution < 1.29 is 18.3 Å². The molecule has 6 heteroatoms. The Balaban J connectivity index is 2.34. The van der Waals surface area contributed by atoms with Gasteiger partial charge in [-0.3, -0.25) is 4.79 Å². The van der Waals surface area contributed by atoms with E-state index in [9.17, 15) is 13.2 Å². The monoisotopic (exact) mass is 311 g/mol. The minimum absolute atomic E-state index is 0.206. The van der Waals surface area contributed by atoms with Crippen LogP contribution in [0.5, 0.6) is 0 Å². The van der Waals surface area contributed by atoms with E-state index in [2.05, 4.69) is 0 Å². The lowest BCUT2D eigenvalue weighted by atomic mass is 9.92. The molecule has 0 saturated heterocycles. The Morgan fingerprint density at radius 3 is 2.52 bits per heavy atom. The first-order valence-corrected chi connectivity index (χ1v) is 8.73. The summed E-state index contributed by atoms with van der Waals surface area (Å²) in [6, 6.07) is 5.19. The fourth-order valence-electron chi connectivity index (χ4n) is 2.70. The standard InChI is InChI=1S/C15H21NO4S/c1-2-9-16(11-15(17)18)21(19,20)14-8-7-12-5-3-4-6-13(12)10-14/h7-8,10H,2-6,9,11H2,1H3,(H,17,18). The van der Waals surface area contributed by atoms with Crippen molar-refractivity contribution in [1.29, 1.82) is 0 Å². The van der Waals surface area contributed by atoms with Gasteiger partial charge >= 0.3 is 5.97 Å². The van der Waals surface area contributed by atoms with Gasteiger partial charge in [-0.05, 0) is 55.4 Å². The van der Waals surface area contributed by atoms with Crippen molar-refractivity contribution in [3.63, 3.8) is 0 Å². The number of sulfonamides is 1. The Labute approximate surface area is 125 Å². The topological polar surface area (TPSA) is 74.7 Å². The van der Waals surface area contributed by atoms with Gasteiger partial charge in [0, 0.05) is 6.54 Å². The van der Waals surface area contributed by atoms with Gasteiger partial charge in [-0.25, -0.2) is 8.42 Å². The van der Waals surface area contributed by atoms with Gasteiger partial charge in [0.2, 0.25) is 10.0 Å². The molecule has 0 spiro atoms. The van der Waals surface area contributed by atoms with Crippen LogP contribution in [0, 0.1) is 0 Å². The number of nitrogens with zero attached hydrogens (tertiary/aromatic N) is 1. The second kappa shape index (κ2) is 6.58. The average Bonchev–Trinajstić information content (AvgIpc) is 2.46. The minimum atomic E-state index is -3.74. The van der Waals surface area contributed by atoms with E-state index in [4.69, 9.17) is 5.11 Å². The number of benzene rings is 1. The Morgan fingerprint density at radius 2 is 1.90 bits per heavy atom. The van der Waals surface area contributed by atoms with Crippen molar-refractivity contribution in [2.75, 3.05) is 13.1 Å². The van der Waals surface area contributed by atoms with Crippen LogP contribution < -0.4 is 0 Å². The van der Waals surface area contributed by atoms with Crippen molar-refractivity contribution in [2.24, 2.45) is 0 Å². The molecule has 0 atom stereocenters. The molecule has 5 nitrogen and oxygen atoms in total. The quantitative estimate of drug-likeness (QED) is 0.872. The van der Waals surface area contributed by atoms with Crippen LogP contribution in [0.1, 0.15) is 37.3 Å². The van der Waals surface area contributed by atoms with Gasteiger partial charge in [0.25, 0.3) is 0 Å². The fraction of sp³-hybridized carbons (Fsp3) is 0.533. The number of rotatable bonds is 6. The van der Waals surface area contributed by atoms with Crippen molar-refractivity contribution in [3.05, 3.63) is 29.3 Å². The summed E-state index contributed by atoms with van der Waals surface area (Å²) in [6.07, 6.45) is 4.68. The molecule has 1 aliphatic carbocycles. The SMILES string of the molecule is CCCN(CC(=O)O)S(=O)(=O)c1ccc2c(c1)CCCC2.